The molecular weight excluding hydrogens is 90.1 g/mol. The lowest BCUT2D eigenvalue weighted by molar-refractivity contribution is 0.385. The molecule has 36 valence electrons. The summed E-state index contributed by atoms with van der Waals surface area (Å²) in [6.45, 7) is 0.535. The number of hydrogen-bond acceptors (Lipinski definition) is 2. The number of hydrogen-bond donors (Lipinski definition) is 1. The van der Waals surface area contributed by atoms with E-state index in [0.29, 0.717) is 6.54 Å². The highest BCUT2D eigenvalue weighted by Gasteiger charge is 2.06. The number of nitrogens with two attached hydrogens (primary N) is 1. The van der Waals surface area contributed by atoms with Gasteiger partial charge in [0.25, 0.3) is 6.26 Å². The molecule has 2 N–H and O–H groups in total. The van der Waals surface area contributed by atoms with Gasteiger partial charge >= 0.3 is 0 Å². The van der Waals surface area contributed by atoms with E-state index in [0.717, 1.165) is 5.57 Å². The highest BCUT2D eigenvalue weighted by molar-refractivity contribution is 5.18. The molecule has 1 aliphatic heterocycles. The Labute approximate surface area is 42.3 Å². The van der Waals surface area contributed by atoms with Crippen LogP contribution in [0.5, 0.6) is 0 Å². The lowest BCUT2D eigenvalue weighted by atomic mass is 10.3. The zero-order valence-corrected chi connectivity index (χ0v) is 3.85. The van der Waals surface area contributed by atoms with Crippen LogP contribution in [0.25, 0.3) is 0 Å². The smallest absolute Gasteiger partial charge is 0.259 e. The molecule has 1 rings (SSSR count). The highest BCUT2D eigenvalue weighted by Crippen LogP contribution is 2.00. The van der Waals surface area contributed by atoms with E-state index < -0.39 is 0 Å². The third-order valence-corrected chi connectivity index (χ3v) is 0.758. The van der Waals surface area contributed by atoms with Gasteiger partial charge in [-0.25, -0.2) is 0 Å². The van der Waals surface area contributed by atoms with Crippen LogP contribution in [0.4, 0.5) is 0 Å². The Bertz CT molecular complexity index is 115. The molecule has 2 nitrogen and oxygen atoms in total. The number of rotatable bonds is 1. The Hall–Kier alpha value is -0.850. The van der Waals surface area contributed by atoms with Gasteiger partial charge in [0.05, 0.1) is 6.54 Å². The zero-order valence-electron chi connectivity index (χ0n) is 3.85. The van der Waals surface area contributed by atoms with Gasteiger partial charge in [-0.3, -0.25) is 4.74 Å². The standard InChI is InChI=1S/C5H6NO/c6-3-5-1-2-7-4-5/h1,4H,3,6H2/q+1. The first-order valence-electron chi connectivity index (χ1n) is 2.07. The van der Waals surface area contributed by atoms with Crippen LogP contribution >= 0.6 is 0 Å². The summed E-state index contributed by atoms with van der Waals surface area (Å²) < 4.78 is 4.60. The van der Waals surface area contributed by atoms with Gasteiger partial charge in [0, 0.05) is 0 Å². The molecule has 0 aromatic rings. The first-order valence-corrected chi connectivity index (χ1v) is 2.07. The Morgan fingerprint density at radius 1 is 1.86 bits per heavy atom. The summed E-state index contributed by atoms with van der Waals surface area (Å²) in [5, 5.41) is 0. The lowest BCUT2D eigenvalue weighted by Crippen LogP contribution is -1.98. The van der Waals surface area contributed by atoms with Crippen molar-refractivity contribution in [2.75, 3.05) is 6.54 Å². The predicted octanol–water partition coefficient (Wildman–Crippen LogP) is 0.176. The summed E-state index contributed by atoms with van der Waals surface area (Å²) in [6.07, 6.45) is 5.83. The second-order valence-electron chi connectivity index (χ2n) is 1.28. The number of ether oxygens (including phenoxy) is 1. The second-order valence-corrected chi connectivity index (χ2v) is 1.28. The summed E-state index contributed by atoms with van der Waals surface area (Å²) >= 11 is 0. The minimum atomic E-state index is 0.535. The SMILES string of the molecule is NCC1=CO[C+]=C1. The molecule has 1 heterocycles. The third kappa shape index (κ3) is 0.769. The van der Waals surface area contributed by atoms with Gasteiger partial charge in [0.15, 0.2) is 11.6 Å². The van der Waals surface area contributed by atoms with Gasteiger partial charge in [-0.15, -0.1) is 0 Å². The summed E-state index contributed by atoms with van der Waals surface area (Å²) in [7, 11) is 0. The molecule has 0 bridgehead atoms. The van der Waals surface area contributed by atoms with Crippen molar-refractivity contribution in [1.82, 2.24) is 0 Å². The highest BCUT2D eigenvalue weighted by atomic mass is 16.5. The minimum absolute atomic E-state index is 0.535. The molecule has 0 atom stereocenters. The Kier molecular flexibility index (Phi) is 1.07. The Morgan fingerprint density at radius 2 is 2.71 bits per heavy atom. The van der Waals surface area contributed by atoms with Crippen molar-refractivity contribution in [3.05, 3.63) is 24.2 Å². The van der Waals surface area contributed by atoms with Gasteiger partial charge in [-0.2, -0.15) is 0 Å². The molecule has 0 unspecified atom stereocenters. The van der Waals surface area contributed by atoms with Crippen molar-refractivity contribution >= 4 is 0 Å². The van der Waals surface area contributed by atoms with Gasteiger partial charge in [-0.05, 0) is 0 Å². The van der Waals surface area contributed by atoms with Crippen molar-refractivity contribution in [3.63, 3.8) is 0 Å². The first kappa shape index (κ1) is 4.31. The fraction of sp³-hybridized carbons (Fsp3) is 0.200. The third-order valence-electron chi connectivity index (χ3n) is 0.758. The van der Waals surface area contributed by atoms with Crippen LogP contribution in [0.2, 0.25) is 0 Å². The average Bonchev–Trinajstić information content (AvgIpc) is 2.14. The van der Waals surface area contributed by atoms with Crippen molar-refractivity contribution in [2.45, 2.75) is 0 Å². The van der Waals surface area contributed by atoms with E-state index in [1.54, 1.807) is 12.3 Å². The maximum atomic E-state index is 5.21. The largest absolute Gasteiger partial charge is 0.315 e. The molecule has 0 saturated heterocycles. The molecule has 0 saturated carbocycles. The van der Waals surface area contributed by atoms with Crippen LogP contribution in [0.1, 0.15) is 0 Å². The molecule has 0 amide bonds. The van der Waals surface area contributed by atoms with E-state index in [-0.39, 0.29) is 0 Å². The normalized spacial score (nSPS) is 15.3. The van der Waals surface area contributed by atoms with Crippen LogP contribution in [-0.4, -0.2) is 6.54 Å². The van der Waals surface area contributed by atoms with E-state index in [4.69, 9.17) is 5.73 Å². The van der Waals surface area contributed by atoms with Crippen molar-refractivity contribution in [3.8, 4) is 0 Å². The van der Waals surface area contributed by atoms with Crippen LogP contribution in [0.15, 0.2) is 17.9 Å². The predicted molar refractivity (Wildman–Crippen MR) is 26.0 cm³/mol. The van der Waals surface area contributed by atoms with Gasteiger partial charge in [-0.1, -0.05) is 0 Å². The molecule has 1 aliphatic rings. The molecule has 7 heavy (non-hydrogen) atoms. The van der Waals surface area contributed by atoms with E-state index in [1.807, 2.05) is 0 Å². The van der Waals surface area contributed by atoms with Crippen molar-refractivity contribution in [1.29, 1.82) is 0 Å². The van der Waals surface area contributed by atoms with E-state index in [9.17, 15) is 0 Å². The van der Waals surface area contributed by atoms with Crippen LogP contribution in [-0.2, 0) is 4.74 Å². The monoisotopic (exact) mass is 96.0 g/mol. The molecule has 2 heteroatoms. The average molecular weight is 96.1 g/mol. The minimum Gasteiger partial charge on any atom is -0.315 e. The van der Waals surface area contributed by atoms with E-state index >= 15 is 0 Å². The van der Waals surface area contributed by atoms with Crippen LogP contribution in [0.3, 0.4) is 0 Å². The molecule has 0 spiro atoms. The summed E-state index contributed by atoms with van der Waals surface area (Å²) in [5.41, 5.74) is 6.20. The molecule has 0 aliphatic carbocycles. The summed E-state index contributed by atoms with van der Waals surface area (Å²) in [5.74, 6) is 0. The maximum absolute atomic E-state index is 5.21. The van der Waals surface area contributed by atoms with Crippen LogP contribution in [0, 0.1) is 6.26 Å². The van der Waals surface area contributed by atoms with Gasteiger partial charge in [0.2, 0.25) is 6.26 Å². The Balaban J connectivity index is 2.52. The topological polar surface area (TPSA) is 35.2 Å². The van der Waals surface area contributed by atoms with Crippen LogP contribution < -0.4 is 5.73 Å². The molecule has 0 fully saturated rings. The molecule has 0 aromatic heterocycles. The Morgan fingerprint density at radius 3 is 3.00 bits per heavy atom. The van der Waals surface area contributed by atoms with E-state index in [2.05, 4.69) is 11.0 Å². The molecule has 0 radical (unpaired) electrons. The van der Waals surface area contributed by atoms with E-state index in [1.165, 1.54) is 0 Å². The summed E-state index contributed by atoms with van der Waals surface area (Å²) in [6, 6.07) is 0. The van der Waals surface area contributed by atoms with Gasteiger partial charge < -0.3 is 5.73 Å². The van der Waals surface area contributed by atoms with Crippen molar-refractivity contribution < 1.29 is 4.74 Å². The quantitative estimate of drug-likeness (QED) is 0.472. The van der Waals surface area contributed by atoms with Gasteiger partial charge in [0.1, 0.15) is 0 Å². The fourth-order valence-corrected chi connectivity index (χ4v) is 0.360. The second kappa shape index (κ2) is 1.73. The fourth-order valence-electron chi connectivity index (χ4n) is 0.360. The maximum Gasteiger partial charge on any atom is 0.259 e. The molecule has 0 aromatic carbocycles. The summed E-state index contributed by atoms with van der Waals surface area (Å²) in [4.78, 5) is 0. The molecular formula is C5H6NO+. The first-order chi connectivity index (χ1) is 3.43. The zero-order chi connectivity index (χ0) is 5.11. The van der Waals surface area contributed by atoms with Crippen molar-refractivity contribution in [2.24, 2.45) is 5.73 Å². The lowest BCUT2D eigenvalue weighted by Gasteiger charge is -1.71.